The first-order valence-corrected chi connectivity index (χ1v) is 7.13. The van der Waals surface area contributed by atoms with E-state index in [-0.39, 0.29) is 0 Å². The van der Waals surface area contributed by atoms with Crippen molar-refractivity contribution in [2.24, 2.45) is 5.92 Å². The van der Waals surface area contributed by atoms with Crippen LogP contribution in [0.4, 0.5) is 0 Å². The molecule has 2 aliphatic rings. The van der Waals surface area contributed by atoms with Crippen LogP contribution in [0.15, 0.2) is 0 Å². The number of hydrogen-bond donors (Lipinski definition) is 0. The zero-order valence-corrected chi connectivity index (χ0v) is 11.4. The van der Waals surface area contributed by atoms with Crippen molar-refractivity contribution < 1.29 is 0 Å². The summed E-state index contributed by atoms with van der Waals surface area (Å²) in [6.45, 7) is 13.5. The first-order chi connectivity index (χ1) is 7.63. The second-order valence-corrected chi connectivity index (χ2v) is 6.06. The van der Waals surface area contributed by atoms with Crippen LogP contribution >= 0.6 is 0 Å². The molecule has 0 aromatic heterocycles. The summed E-state index contributed by atoms with van der Waals surface area (Å²) >= 11 is 0. The van der Waals surface area contributed by atoms with Crippen LogP contribution in [0.1, 0.15) is 47.0 Å². The maximum Gasteiger partial charge on any atom is 0.0249 e. The molecule has 0 aliphatic carbocycles. The fraction of sp³-hybridized carbons (Fsp3) is 1.00. The Morgan fingerprint density at radius 2 is 1.94 bits per heavy atom. The van der Waals surface area contributed by atoms with Crippen LogP contribution in [-0.2, 0) is 0 Å². The molecule has 0 aromatic rings. The fourth-order valence-electron chi connectivity index (χ4n) is 3.40. The zero-order chi connectivity index (χ0) is 11.7. The molecule has 0 N–H and O–H groups in total. The third kappa shape index (κ3) is 2.28. The van der Waals surface area contributed by atoms with Gasteiger partial charge in [-0.2, -0.15) is 0 Å². The lowest BCUT2D eigenvalue weighted by Crippen LogP contribution is -2.60. The molecule has 2 aliphatic heterocycles. The van der Waals surface area contributed by atoms with E-state index in [0.29, 0.717) is 0 Å². The quantitative estimate of drug-likeness (QED) is 0.727. The van der Waals surface area contributed by atoms with E-state index in [1.807, 2.05) is 0 Å². The SMILES string of the molecule is CCC(C)N1CC2CCCN2CC1C(C)C. The first-order valence-electron chi connectivity index (χ1n) is 7.13. The third-order valence-electron chi connectivity index (χ3n) is 4.69. The predicted octanol–water partition coefficient (Wildman–Crippen LogP) is 2.59. The van der Waals surface area contributed by atoms with Crippen LogP contribution in [-0.4, -0.2) is 47.6 Å². The summed E-state index contributed by atoms with van der Waals surface area (Å²) in [5.74, 6) is 0.788. The van der Waals surface area contributed by atoms with Crippen molar-refractivity contribution in [1.29, 1.82) is 0 Å². The van der Waals surface area contributed by atoms with Crippen molar-refractivity contribution in [3.8, 4) is 0 Å². The van der Waals surface area contributed by atoms with Crippen molar-refractivity contribution in [3.05, 3.63) is 0 Å². The highest BCUT2D eigenvalue weighted by Gasteiger charge is 2.38. The van der Waals surface area contributed by atoms with Crippen molar-refractivity contribution in [1.82, 2.24) is 9.80 Å². The van der Waals surface area contributed by atoms with Crippen LogP contribution in [0.25, 0.3) is 0 Å². The summed E-state index contributed by atoms with van der Waals surface area (Å²) in [6.07, 6.45) is 4.14. The lowest BCUT2D eigenvalue weighted by atomic mass is 9.95. The van der Waals surface area contributed by atoms with Gasteiger partial charge in [-0.15, -0.1) is 0 Å². The molecular weight excluding hydrogens is 196 g/mol. The minimum absolute atomic E-state index is 0.759. The molecule has 0 aromatic carbocycles. The van der Waals surface area contributed by atoms with Gasteiger partial charge in [0.05, 0.1) is 0 Å². The molecule has 0 spiro atoms. The highest BCUT2D eigenvalue weighted by atomic mass is 15.3. The average molecular weight is 224 g/mol. The number of hydrogen-bond acceptors (Lipinski definition) is 2. The minimum Gasteiger partial charge on any atom is -0.298 e. The number of piperazine rings is 1. The molecule has 3 unspecified atom stereocenters. The number of nitrogens with zero attached hydrogens (tertiary/aromatic N) is 2. The van der Waals surface area contributed by atoms with Gasteiger partial charge in [0.25, 0.3) is 0 Å². The highest BCUT2D eigenvalue weighted by molar-refractivity contribution is 4.94. The van der Waals surface area contributed by atoms with Crippen LogP contribution in [0.2, 0.25) is 0 Å². The molecule has 0 amide bonds. The van der Waals surface area contributed by atoms with Gasteiger partial charge < -0.3 is 0 Å². The number of fused-ring (bicyclic) bond motifs is 1. The van der Waals surface area contributed by atoms with E-state index in [1.165, 1.54) is 38.9 Å². The zero-order valence-electron chi connectivity index (χ0n) is 11.4. The second kappa shape index (κ2) is 5.05. The van der Waals surface area contributed by atoms with Crippen LogP contribution < -0.4 is 0 Å². The molecule has 0 radical (unpaired) electrons. The Kier molecular flexibility index (Phi) is 3.91. The monoisotopic (exact) mass is 224 g/mol. The fourth-order valence-corrected chi connectivity index (χ4v) is 3.40. The van der Waals surface area contributed by atoms with Crippen molar-refractivity contribution in [2.75, 3.05) is 19.6 Å². The smallest absolute Gasteiger partial charge is 0.0249 e. The Morgan fingerprint density at radius 1 is 1.19 bits per heavy atom. The van der Waals surface area contributed by atoms with Gasteiger partial charge in [0.2, 0.25) is 0 Å². The van der Waals surface area contributed by atoms with E-state index in [4.69, 9.17) is 0 Å². The second-order valence-electron chi connectivity index (χ2n) is 6.06. The summed E-state index contributed by atoms with van der Waals surface area (Å²) in [4.78, 5) is 5.53. The standard InChI is InChI=1S/C14H28N2/c1-5-12(4)16-9-13-7-6-8-15(13)10-14(16)11(2)3/h11-14H,5-10H2,1-4H3. The van der Waals surface area contributed by atoms with Crippen molar-refractivity contribution >= 4 is 0 Å². The van der Waals surface area contributed by atoms with E-state index in [0.717, 1.165) is 24.0 Å². The van der Waals surface area contributed by atoms with Crippen LogP contribution in [0, 0.1) is 5.92 Å². The molecule has 2 heteroatoms. The molecule has 2 nitrogen and oxygen atoms in total. The summed E-state index contributed by atoms with van der Waals surface area (Å²) < 4.78 is 0. The summed E-state index contributed by atoms with van der Waals surface area (Å²) in [5, 5.41) is 0. The molecule has 16 heavy (non-hydrogen) atoms. The van der Waals surface area contributed by atoms with Gasteiger partial charge in [-0.25, -0.2) is 0 Å². The summed E-state index contributed by atoms with van der Waals surface area (Å²) in [7, 11) is 0. The van der Waals surface area contributed by atoms with E-state index < -0.39 is 0 Å². The Balaban J connectivity index is 2.07. The van der Waals surface area contributed by atoms with Crippen LogP contribution in [0.5, 0.6) is 0 Å². The van der Waals surface area contributed by atoms with Crippen LogP contribution in [0.3, 0.4) is 0 Å². The Bertz CT molecular complexity index is 227. The molecular formula is C14H28N2. The average Bonchev–Trinajstić information content (AvgIpc) is 2.73. The van der Waals surface area contributed by atoms with Gasteiger partial charge in [0.1, 0.15) is 0 Å². The minimum atomic E-state index is 0.759. The van der Waals surface area contributed by atoms with Gasteiger partial charge in [-0.1, -0.05) is 20.8 Å². The molecule has 94 valence electrons. The predicted molar refractivity (Wildman–Crippen MR) is 69.7 cm³/mol. The summed E-state index contributed by atoms with van der Waals surface area (Å²) in [5.41, 5.74) is 0. The van der Waals surface area contributed by atoms with Crippen molar-refractivity contribution in [3.63, 3.8) is 0 Å². The van der Waals surface area contributed by atoms with E-state index >= 15 is 0 Å². The van der Waals surface area contributed by atoms with Gasteiger partial charge in [0, 0.05) is 31.2 Å². The lowest BCUT2D eigenvalue weighted by Gasteiger charge is -2.48. The van der Waals surface area contributed by atoms with Gasteiger partial charge in [-0.3, -0.25) is 9.80 Å². The summed E-state index contributed by atoms with van der Waals surface area (Å²) in [6, 6.07) is 2.41. The molecule has 2 heterocycles. The normalized spacial score (nSPS) is 34.3. The molecule has 2 fully saturated rings. The van der Waals surface area contributed by atoms with Crippen molar-refractivity contribution in [2.45, 2.75) is 65.1 Å². The molecule has 0 saturated carbocycles. The maximum absolute atomic E-state index is 2.79. The Labute approximate surface area is 101 Å². The Morgan fingerprint density at radius 3 is 2.56 bits per heavy atom. The highest BCUT2D eigenvalue weighted by Crippen LogP contribution is 2.29. The molecule has 0 bridgehead atoms. The lowest BCUT2D eigenvalue weighted by molar-refractivity contribution is 0.00387. The van der Waals surface area contributed by atoms with E-state index in [9.17, 15) is 0 Å². The Hall–Kier alpha value is -0.0800. The maximum atomic E-state index is 2.79. The molecule has 2 rings (SSSR count). The topological polar surface area (TPSA) is 6.48 Å². The molecule has 2 saturated heterocycles. The first kappa shape index (κ1) is 12.4. The third-order valence-corrected chi connectivity index (χ3v) is 4.69. The van der Waals surface area contributed by atoms with E-state index in [1.54, 1.807) is 0 Å². The largest absolute Gasteiger partial charge is 0.298 e. The van der Waals surface area contributed by atoms with Gasteiger partial charge >= 0.3 is 0 Å². The number of rotatable bonds is 3. The van der Waals surface area contributed by atoms with Gasteiger partial charge in [-0.05, 0) is 38.6 Å². The molecule has 3 atom stereocenters. The van der Waals surface area contributed by atoms with Gasteiger partial charge in [0.15, 0.2) is 0 Å². The van der Waals surface area contributed by atoms with E-state index in [2.05, 4.69) is 37.5 Å².